The summed E-state index contributed by atoms with van der Waals surface area (Å²) in [6, 6.07) is 16.9. The molecule has 1 unspecified atom stereocenters. The summed E-state index contributed by atoms with van der Waals surface area (Å²) in [7, 11) is 1.80. The van der Waals surface area contributed by atoms with Crippen LogP contribution in [0.1, 0.15) is 11.1 Å². The molecule has 5 rings (SSSR count). The molecular formula is C24H28N4O2S. The van der Waals surface area contributed by atoms with Crippen molar-refractivity contribution in [1.29, 1.82) is 0 Å². The number of hydrogen-bond donors (Lipinski definition) is 1. The Morgan fingerprint density at radius 3 is 2.61 bits per heavy atom. The smallest absolute Gasteiger partial charge is 0.264 e. The molecule has 3 heterocycles. The maximum atomic E-state index is 11.8. The van der Waals surface area contributed by atoms with Gasteiger partial charge < -0.3 is 9.64 Å². The van der Waals surface area contributed by atoms with Crippen LogP contribution in [0.25, 0.3) is 0 Å². The summed E-state index contributed by atoms with van der Waals surface area (Å²) in [5.41, 5.74) is 3.31. The minimum Gasteiger partial charge on any atom is -0.482 e. The summed E-state index contributed by atoms with van der Waals surface area (Å²) < 4.78 is 9.31. The number of benzene rings is 2. The molecule has 2 aromatic carbocycles. The van der Waals surface area contributed by atoms with Crippen molar-refractivity contribution in [2.75, 3.05) is 44.7 Å². The Kier molecular flexibility index (Phi) is 5.75. The molecule has 31 heavy (non-hydrogen) atoms. The largest absolute Gasteiger partial charge is 0.482 e. The van der Waals surface area contributed by atoms with Gasteiger partial charge in [-0.2, -0.15) is 0 Å². The molecule has 3 aliphatic heterocycles. The van der Waals surface area contributed by atoms with E-state index < -0.39 is 0 Å². The van der Waals surface area contributed by atoms with Crippen LogP contribution in [0.4, 0.5) is 5.69 Å². The van der Waals surface area contributed by atoms with E-state index in [1.54, 1.807) is 23.9 Å². The van der Waals surface area contributed by atoms with Gasteiger partial charge in [0.1, 0.15) is 11.4 Å². The normalized spacial score (nSPS) is 24.3. The zero-order valence-electron chi connectivity index (χ0n) is 17.8. The fourth-order valence-corrected chi connectivity index (χ4v) is 5.42. The second-order valence-corrected chi connectivity index (χ2v) is 9.13. The lowest BCUT2D eigenvalue weighted by atomic mass is 9.97. The maximum absolute atomic E-state index is 11.8. The number of piperazine rings is 1. The second-order valence-electron chi connectivity index (χ2n) is 8.42. The monoisotopic (exact) mass is 436 g/mol. The van der Waals surface area contributed by atoms with Crippen molar-refractivity contribution in [1.82, 2.24) is 14.5 Å². The number of carbonyl (C=O) groups excluding carboxylic acids is 1. The molecule has 1 N–H and O–H groups in total. The Morgan fingerprint density at radius 2 is 1.87 bits per heavy atom. The Balaban J connectivity index is 1.22. The standard InChI is InChI=1S/C24H28N4O2S/c1-26-21-8-7-20(15-22(21)30-18-23(26)29)17-27-10-12-28(13-11-27)24(9-14-31-25-24)16-19-5-3-2-4-6-19/h2-9,14-15,25H,10-13,16-18H2,1H3. The molecule has 1 fully saturated rings. The van der Waals surface area contributed by atoms with Gasteiger partial charge in [-0.25, -0.2) is 4.72 Å². The van der Waals surface area contributed by atoms with Gasteiger partial charge in [-0.15, -0.1) is 0 Å². The lowest BCUT2D eigenvalue weighted by Crippen LogP contribution is -2.61. The summed E-state index contributed by atoms with van der Waals surface area (Å²) in [4.78, 5) is 18.6. The third kappa shape index (κ3) is 4.23. The van der Waals surface area contributed by atoms with Gasteiger partial charge in [-0.3, -0.25) is 14.6 Å². The first kappa shape index (κ1) is 20.6. The molecule has 0 aliphatic carbocycles. The summed E-state index contributed by atoms with van der Waals surface area (Å²) in [5.74, 6) is 0.797. The van der Waals surface area contributed by atoms with E-state index >= 15 is 0 Å². The Morgan fingerprint density at radius 1 is 1.06 bits per heavy atom. The van der Waals surface area contributed by atoms with Gasteiger partial charge in [0.25, 0.3) is 5.91 Å². The first-order valence-electron chi connectivity index (χ1n) is 10.8. The lowest BCUT2D eigenvalue weighted by molar-refractivity contribution is -0.120. The van der Waals surface area contributed by atoms with Crippen LogP contribution < -0.4 is 14.4 Å². The molecule has 1 saturated heterocycles. The van der Waals surface area contributed by atoms with Gasteiger partial charge in [0.2, 0.25) is 0 Å². The molecule has 0 aromatic heterocycles. The highest BCUT2D eigenvalue weighted by Crippen LogP contribution is 2.33. The molecule has 7 heteroatoms. The Bertz CT molecular complexity index is 975. The van der Waals surface area contributed by atoms with E-state index in [2.05, 4.69) is 68.5 Å². The second kappa shape index (κ2) is 8.67. The van der Waals surface area contributed by atoms with Crippen molar-refractivity contribution in [3.8, 4) is 5.75 Å². The van der Waals surface area contributed by atoms with Gasteiger partial charge >= 0.3 is 0 Å². The first-order chi connectivity index (χ1) is 15.1. The molecule has 1 atom stereocenters. The average molecular weight is 437 g/mol. The average Bonchev–Trinajstić information content (AvgIpc) is 3.27. The molecule has 0 bridgehead atoms. The van der Waals surface area contributed by atoms with Crippen molar-refractivity contribution in [2.24, 2.45) is 0 Å². The predicted octanol–water partition coefficient (Wildman–Crippen LogP) is 2.86. The number of rotatable bonds is 5. The van der Waals surface area contributed by atoms with Crippen LogP contribution in [0.5, 0.6) is 5.75 Å². The van der Waals surface area contributed by atoms with Crippen LogP contribution in [0.2, 0.25) is 0 Å². The predicted molar refractivity (Wildman–Crippen MR) is 125 cm³/mol. The van der Waals surface area contributed by atoms with Crippen LogP contribution in [-0.4, -0.2) is 61.2 Å². The van der Waals surface area contributed by atoms with Crippen molar-refractivity contribution < 1.29 is 9.53 Å². The fraction of sp³-hybridized carbons (Fsp3) is 0.375. The third-order valence-electron chi connectivity index (χ3n) is 6.42. The van der Waals surface area contributed by atoms with E-state index in [1.807, 2.05) is 6.07 Å². The quantitative estimate of drug-likeness (QED) is 0.728. The van der Waals surface area contributed by atoms with Crippen molar-refractivity contribution in [2.45, 2.75) is 18.6 Å². The number of nitrogens with one attached hydrogen (secondary N) is 1. The number of hydrogen-bond acceptors (Lipinski definition) is 6. The molecule has 1 amide bonds. The summed E-state index contributed by atoms with van der Waals surface area (Å²) in [5, 5.41) is 2.17. The minimum absolute atomic E-state index is 0.00598. The van der Waals surface area contributed by atoms with Gasteiger partial charge in [0, 0.05) is 46.2 Å². The highest BCUT2D eigenvalue weighted by molar-refractivity contribution is 8.00. The van der Waals surface area contributed by atoms with Gasteiger partial charge in [0.05, 0.1) is 5.69 Å². The fourth-order valence-electron chi connectivity index (χ4n) is 4.58. The van der Waals surface area contributed by atoms with E-state index in [-0.39, 0.29) is 18.2 Å². The maximum Gasteiger partial charge on any atom is 0.264 e. The highest BCUT2D eigenvalue weighted by Gasteiger charge is 2.38. The van der Waals surface area contributed by atoms with Crippen LogP contribution in [-0.2, 0) is 17.8 Å². The Labute approximate surface area is 188 Å². The van der Waals surface area contributed by atoms with E-state index in [0.29, 0.717) is 0 Å². The van der Waals surface area contributed by atoms with E-state index in [1.165, 1.54) is 11.1 Å². The van der Waals surface area contributed by atoms with Crippen LogP contribution in [0, 0.1) is 0 Å². The molecule has 2 aromatic rings. The number of likely N-dealkylation sites (N-methyl/N-ethyl adjacent to an activating group) is 1. The van der Waals surface area contributed by atoms with Crippen LogP contribution in [0.15, 0.2) is 60.0 Å². The number of anilines is 1. The molecule has 6 nitrogen and oxygen atoms in total. The van der Waals surface area contributed by atoms with Crippen molar-refractivity contribution in [3.05, 3.63) is 71.1 Å². The number of nitrogens with zero attached hydrogens (tertiary/aromatic N) is 3. The van der Waals surface area contributed by atoms with E-state index in [9.17, 15) is 4.79 Å². The number of carbonyl (C=O) groups is 1. The van der Waals surface area contributed by atoms with Crippen molar-refractivity contribution in [3.63, 3.8) is 0 Å². The number of fused-ring (bicyclic) bond motifs is 1. The van der Waals surface area contributed by atoms with E-state index in [4.69, 9.17) is 4.74 Å². The summed E-state index contributed by atoms with van der Waals surface area (Å²) >= 11 is 1.68. The van der Waals surface area contributed by atoms with Crippen LogP contribution in [0.3, 0.4) is 0 Å². The molecule has 0 radical (unpaired) electrons. The summed E-state index contributed by atoms with van der Waals surface area (Å²) in [6.07, 6.45) is 3.28. The molecule has 0 spiro atoms. The first-order valence-corrected chi connectivity index (χ1v) is 11.7. The van der Waals surface area contributed by atoms with Gasteiger partial charge in [-0.1, -0.05) is 48.3 Å². The topological polar surface area (TPSA) is 48.1 Å². The summed E-state index contributed by atoms with van der Waals surface area (Å²) in [6.45, 7) is 5.09. The number of ether oxygens (including phenoxy) is 1. The molecule has 0 saturated carbocycles. The molecular weight excluding hydrogens is 408 g/mol. The molecule has 3 aliphatic rings. The van der Waals surface area contributed by atoms with Gasteiger partial charge in [-0.05, 0) is 34.7 Å². The SMILES string of the molecule is CN1C(=O)COc2cc(CN3CCN(C4(Cc5ccccc5)C=CSN4)CC3)ccc21. The van der Waals surface area contributed by atoms with E-state index in [0.717, 1.165) is 50.6 Å². The van der Waals surface area contributed by atoms with Crippen molar-refractivity contribution >= 4 is 23.5 Å². The zero-order valence-corrected chi connectivity index (χ0v) is 18.6. The highest BCUT2D eigenvalue weighted by atomic mass is 32.2. The van der Waals surface area contributed by atoms with Gasteiger partial charge in [0.15, 0.2) is 6.61 Å². The minimum atomic E-state index is -0.116. The number of amides is 1. The zero-order chi connectivity index (χ0) is 21.3. The van der Waals surface area contributed by atoms with Crippen LogP contribution >= 0.6 is 11.9 Å². The lowest BCUT2D eigenvalue weighted by Gasteiger charge is -2.45. The third-order valence-corrected chi connectivity index (χ3v) is 7.16. The Hall–Kier alpha value is -2.32. The molecule has 162 valence electrons.